The predicted molar refractivity (Wildman–Crippen MR) is 261 cm³/mol. The lowest BCUT2D eigenvalue weighted by Crippen LogP contribution is -2.09. The van der Waals surface area contributed by atoms with Crippen LogP contribution in [0.3, 0.4) is 0 Å². The van der Waals surface area contributed by atoms with Crippen molar-refractivity contribution in [1.29, 1.82) is 0 Å². The molecule has 0 spiro atoms. The van der Waals surface area contributed by atoms with Crippen molar-refractivity contribution in [3.8, 4) is 44.5 Å². The Bertz CT molecular complexity index is 3380. The molecule has 11 aromatic rings. The van der Waals surface area contributed by atoms with Crippen molar-refractivity contribution in [1.82, 2.24) is 4.40 Å². The van der Waals surface area contributed by atoms with Gasteiger partial charge in [-0.15, -0.1) is 0 Å². The molecular weight excluding hydrogens is 753 g/mol. The summed E-state index contributed by atoms with van der Waals surface area (Å²) in [6.07, 6.45) is 5.41. The molecule has 0 saturated heterocycles. The Kier molecular flexibility index (Phi) is 8.53. The third-order valence-electron chi connectivity index (χ3n) is 12.8. The van der Waals surface area contributed by atoms with Crippen LogP contribution < -0.4 is 4.90 Å². The van der Waals surface area contributed by atoms with Crippen LogP contribution in [-0.4, -0.2) is 4.40 Å². The van der Waals surface area contributed by atoms with Gasteiger partial charge in [0.2, 0.25) is 0 Å². The van der Waals surface area contributed by atoms with Gasteiger partial charge in [0, 0.05) is 44.5 Å². The molecule has 62 heavy (non-hydrogen) atoms. The Balaban J connectivity index is 0.978. The van der Waals surface area contributed by atoms with Crippen LogP contribution in [0.2, 0.25) is 0 Å². The number of allylic oxidation sites excluding steroid dienone is 1. The van der Waals surface area contributed by atoms with Crippen LogP contribution in [0.15, 0.2) is 217 Å². The summed E-state index contributed by atoms with van der Waals surface area (Å²) in [5.74, 6) is 1.44. The average Bonchev–Trinajstić information content (AvgIpc) is 3.89. The topological polar surface area (TPSA) is 20.8 Å². The molecule has 1 aliphatic carbocycles. The number of nitrogens with zero attached hydrogens (tertiary/aromatic N) is 2. The first-order valence-corrected chi connectivity index (χ1v) is 21.6. The van der Waals surface area contributed by atoms with Crippen molar-refractivity contribution in [2.24, 2.45) is 0 Å². The van der Waals surface area contributed by atoms with E-state index in [9.17, 15) is 0 Å². The fraction of sp³-hybridized carbons (Fsp3) is 0.0508. The van der Waals surface area contributed by atoms with Gasteiger partial charge in [-0.2, -0.15) is 0 Å². The lowest BCUT2D eigenvalue weighted by atomic mass is 9.90. The minimum atomic E-state index is 0.443. The van der Waals surface area contributed by atoms with Crippen molar-refractivity contribution in [2.45, 2.75) is 19.3 Å². The highest BCUT2D eigenvalue weighted by Crippen LogP contribution is 2.44. The Morgan fingerprint density at radius 1 is 0.484 bits per heavy atom. The number of pyridine rings is 1. The predicted octanol–water partition coefficient (Wildman–Crippen LogP) is 16.7. The van der Waals surface area contributed by atoms with Crippen LogP contribution in [0, 0.1) is 0 Å². The first-order valence-electron chi connectivity index (χ1n) is 21.6. The Morgan fingerprint density at radius 2 is 1.06 bits per heavy atom. The molecule has 0 radical (unpaired) electrons. The zero-order valence-corrected chi connectivity index (χ0v) is 34.4. The van der Waals surface area contributed by atoms with E-state index >= 15 is 0 Å². The summed E-state index contributed by atoms with van der Waals surface area (Å²) >= 11 is 0. The number of fused-ring (bicyclic) bond motifs is 8. The summed E-state index contributed by atoms with van der Waals surface area (Å²) in [4.78, 5) is 2.35. The van der Waals surface area contributed by atoms with Crippen LogP contribution in [-0.2, 0) is 0 Å². The molecule has 3 aromatic heterocycles. The van der Waals surface area contributed by atoms with Crippen LogP contribution in [0.4, 0.5) is 17.1 Å². The number of rotatable bonds is 7. The summed E-state index contributed by atoms with van der Waals surface area (Å²) in [7, 11) is 0. The number of furan rings is 1. The third-order valence-corrected chi connectivity index (χ3v) is 12.8. The summed E-state index contributed by atoms with van der Waals surface area (Å²) in [6.45, 7) is 2.29. The second kappa shape index (κ2) is 14.7. The summed E-state index contributed by atoms with van der Waals surface area (Å²) in [5, 5.41) is 3.64. The van der Waals surface area contributed by atoms with Crippen LogP contribution in [0.5, 0.6) is 0 Å². The fourth-order valence-electron chi connectivity index (χ4n) is 9.83. The fourth-order valence-corrected chi connectivity index (χ4v) is 9.83. The van der Waals surface area contributed by atoms with Gasteiger partial charge >= 0.3 is 0 Å². The van der Waals surface area contributed by atoms with E-state index in [0.717, 1.165) is 46.0 Å². The number of hydrogen-bond acceptors (Lipinski definition) is 2. The molecule has 1 atom stereocenters. The van der Waals surface area contributed by atoms with E-state index in [0.29, 0.717) is 5.92 Å². The molecule has 8 aromatic carbocycles. The van der Waals surface area contributed by atoms with Crippen molar-refractivity contribution in [2.75, 3.05) is 4.90 Å². The molecule has 3 nitrogen and oxygen atoms in total. The number of anilines is 3. The van der Waals surface area contributed by atoms with E-state index in [2.05, 4.69) is 235 Å². The molecule has 0 fully saturated rings. The largest absolute Gasteiger partial charge is 0.456 e. The maximum atomic E-state index is 6.50. The quantitative estimate of drug-likeness (QED) is 0.160. The molecule has 294 valence electrons. The van der Waals surface area contributed by atoms with E-state index < -0.39 is 0 Å². The average molecular weight is 795 g/mol. The van der Waals surface area contributed by atoms with Crippen molar-refractivity contribution in [3.05, 3.63) is 224 Å². The van der Waals surface area contributed by atoms with Gasteiger partial charge in [0.1, 0.15) is 11.3 Å². The molecule has 0 bridgehead atoms. The molecule has 1 unspecified atom stereocenters. The molecule has 12 rings (SSSR count). The summed E-state index contributed by atoms with van der Waals surface area (Å²) in [5.41, 5.74) is 18.7. The van der Waals surface area contributed by atoms with Gasteiger partial charge in [-0.1, -0.05) is 165 Å². The smallest absolute Gasteiger partial charge is 0.135 e. The van der Waals surface area contributed by atoms with Gasteiger partial charge in [-0.25, -0.2) is 0 Å². The number of para-hydroxylation sites is 2. The normalized spacial score (nSPS) is 13.6. The molecular formula is C59H42N2O. The van der Waals surface area contributed by atoms with E-state index in [1.165, 1.54) is 71.7 Å². The Hall–Kier alpha value is -7.88. The Morgan fingerprint density at radius 3 is 1.73 bits per heavy atom. The van der Waals surface area contributed by atoms with Crippen LogP contribution in [0.25, 0.3) is 88.9 Å². The third kappa shape index (κ3) is 5.96. The minimum absolute atomic E-state index is 0.443. The van der Waals surface area contributed by atoms with Gasteiger partial charge in [0.05, 0.1) is 16.6 Å². The standard InChI is InChI=1S/C59H42N2O/c1-39-12-10-21-55-57(39)52-36-28-46(38-56(52)62-55)58-51-18-8-9-20-53(51)61-54(58)37-29-45-17-11-19-50(59(45)61)44-26-34-49(35-27-44)60(47-30-22-42(23-31-47)40-13-4-2-5-14-40)48-32-24-43(25-33-48)41-15-6-3-7-16-41/h2-11,13-39H,12H2,1H3. The lowest BCUT2D eigenvalue weighted by molar-refractivity contribution is 0.586. The highest BCUT2D eigenvalue weighted by molar-refractivity contribution is 6.11. The molecule has 0 aliphatic heterocycles. The second-order valence-corrected chi connectivity index (χ2v) is 16.5. The zero-order valence-electron chi connectivity index (χ0n) is 34.4. The van der Waals surface area contributed by atoms with E-state index in [1.54, 1.807) is 0 Å². The molecule has 0 amide bonds. The summed E-state index contributed by atoms with van der Waals surface area (Å²) < 4.78 is 8.98. The number of hydrogen-bond donors (Lipinski definition) is 0. The highest BCUT2D eigenvalue weighted by atomic mass is 16.3. The summed E-state index contributed by atoms with van der Waals surface area (Å²) in [6, 6.07) is 74.9. The van der Waals surface area contributed by atoms with E-state index in [-0.39, 0.29) is 0 Å². The first-order chi connectivity index (χ1) is 30.7. The maximum Gasteiger partial charge on any atom is 0.135 e. The lowest BCUT2D eigenvalue weighted by Gasteiger charge is -2.26. The maximum absolute atomic E-state index is 6.50. The van der Waals surface area contributed by atoms with Crippen LogP contribution >= 0.6 is 0 Å². The number of benzene rings is 8. The zero-order chi connectivity index (χ0) is 41.1. The van der Waals surface area contributed by atoms with E-state index in [4.69, 9.17) is 4.42 Å². The highest BCUT2D eigenvalue weighted by Gasteiger charge is 2.23. The van der Waals surface area contributed by atoms with Crippen molar-refractivity contribution in [3.63, 3.8) is 0 Å². The van der Waals surface area contributed by atoms with Gasteiger partial charge in [0.25, 0.3) is 0 Å². The molecule has 0 N–H and O–H groups in total. The van der Waals surface area contributed by atoms with Gasteiger partial charge in [-0.3, -0.25) is 0 Å². The molecule has 0 saturated carbocycles. The van der Waals surface area contributed by atoms with E-state index in [1.807, 2.05) is 0 Å². The second-order valence-electron chi connectivity index (χ2n) is 16.5. The number of aromatic nitrogens is 1. The molecule has 3 heteroatoms. The first kappa shape index (κ1) is 36.0. The minimum Gasteiger partial charge on any atom is -0.456 e. The van der Waals surface area contributed by atoms with Gasteiger partial charge in [-0.05, 0) is 112 Å². The van der Waals surface area contributed by atoms with Crippen LogP contribution in [0.1, 0.15) is 30.6 Å². The van der Waals surface area contributed by atoms with Gasteiger partial charge < -0.3 is 13.7 Å². The monoisotopic (exact) mass is 794 g/mol. The van der Waals surface area contributed by atoms with Gasteiger partial charge in [0.15, 0.2) is 0 Å². The van der Waals surface area contributed by atoms with Crippen molar-refractivity contribution >= 4 is 61.4 Å². The SMILES string of the molecule is CC1CC=Cc2oc3cc(-c4c5ccccc5n5c4ccc4cccc(-c6ccc(N(c7ccc(-c8ccccc8)cc7)c7ccc(-c8ccccc8)cc7)cc6)c45)ccc3c21. The molecule has 1 aliphatic rings. The van der Waals surface area contributed by atoms with Crippen molar-refractivity contribution < 1.29 is 4.42 Å². The Labute approximate surface area is 361 Å². The molecule has 3 heterocycles.